The second kappa shape index (κ2) is 15.0. The lowest BCUT2D eigenvalue weighted by molar-refractivity contribution is -0.154. The predicted octanol–water partition coefficient (Wildman–Crippen LogP) is 3.03. The molecule has 0 bridgehead atoms. The van der Waals surface area contributed by atoms with Gasteiger partial charge < -0.3 is 30.1 Å². The van der Waals surface area contributed by atoms with Gasteiger partial charge in [0.05, 0.1) is 34.4 Å². The van der Waals surface area contributed by atoms with Crippen molar-refractivity contribution in [2.24, 2.45) is 23.7 Å². The molecule has 13 nitrogen and oxygen atoms in total. The number of rotatable bonds is 13. The Morgan fingerprint density at radius 1 is 0.959 bits per heavy atom. The minimum Gasteiger partial charge on any atom is -0.507 e. The number of Topliss-reactive ketones (excluding diaryl/α,β-unsaturated/α-hetero) is 3. The van der Waals surface area contributed by atoms with Crippen LogP contribution in [0.15, 0.2) is 47.7 Å². The van der Waals surface area contributed by atoms with Crippen molar-refractivity contribution in [3.63, 3.8) is 0 Å². The van der Waals surface area contributed by atoms with E-state index in [-0.39, 0.29) is 28.2 Å². The van der Waals surface area contributed by atoms with Crippen LogP contribution >= 0.6 is 0 Å². The summed E-state index contributed by atoms with van der Waals surface area (Å²) in [5, 5.41) is 34.4. The molecule has 262 valence electrons. The molecule has 0 saturated heterocycles. The molecule has 13 heteroatoms. The second-order valence-corrected chi connectivity index (χ2v) is 12.6. The van der Waals surface area contributed by atoms with E-state index >= 15 is 0 Å². The number of ketones is 4. The molecule has 2 aliphatic rings. The van der Waals surface area contributed by atoms with Crippen LogP contribution in [0.3, 0.4) is 0 Å². The van der Waals surface area contributed by atoms with Gasteiger partial charge in [0.1, 0.15) is 29.7 Å². The van der Waals surface area contributed by atoms with Crippen LogP contribution in [0.5, 0.6) is 11.5 Å². The lowest BCUT2D eigenvalue weighted by atomic mass is 9.80. The summed E-state index contributed by atoms with van der Waals surface area (Å²) in [6.45, 7) is 11.6. The molecule has 0 radical (unpaired) electrons. The number of aromatic hydroxyl groups is 1. The molecule has 0 spiro atoms. The molecule has 0 fully saturated rings. The summed E-state index contributed by atoms with van der Waals surface area (Å²) in [7, 11) is 0. The number of fused-ring (bicyclic) bond motifs is 3. The minimum atomic E-state index is -2.30. The van der Waals surface area contributed by atoms with Gasteiger partial charge in [-0.1, -0.05) is 52.0 Å². The van der Waals surface area contributed by atoms with Crippen molar-refractivity contribution in [3.05, 3.63) is 70.0 Å². The van der Waals surface area contributed by atoms with E-state index in [2.05, 4.69) is 5.32 Å². The monoisotopic (exact) mass is 679 g/mol. The average molecular weight is 680 g/mol. The summed E-state index contributed by atoms with van der Waals surface area (Å²) in [6.07, 6.45) is 6.60. The Kier molecular flexibility index (Phi) is 11.8. The maximum atomic E-state index is 13.3. The van der Waals surface area contributed by atoms with E-state index in [1.165, 1.54) is 45.1 Å². The van der Waals surface area contributed by atoms with Gasteiger partial charge in [-0.05, 0) is 19.9 Å². The summed E-state index contributed by atoms with van der Waals surface area (Å²) in [6, 6.07) is 0. The Morgan fingerprint density at radius 3 is 2.16 bits per heavy atom. The topological polar surface area (TPSA) is 211 Å². The first-order chi connectivity index (χ1) is 22.8. The van der Waals surface area contributed by atoms with E-state index in [4.69, 9.17) is 9.47 Å². The largest absolute Gasteiger partial charge is 0.507 e. The molecule has 1 aromatic rings. The van der Waals surface area contributed by atoms with Crippen molar-refractivity contribution in [1.29, 1.82) is 0 Å². The van der Waals surface area contributed by atoms with Gasteiger partial charge in [0.2, 0.25) is 11.6 Å². The minimum absolute atomic E-state index is 0.0397. The van der Waals surface area contributed by atoms with Crippen molar-refractivity contribution in [2.45, 2.75) is 73.4 Å². The van der Waals surface area contributed by atoms with E-state index in [1.807, 2.05) is 0 Å². The number of phenols is 1. The van der Waals surface area contributed by atoms with Crippen molar-refractivity contribution >= 4 is 41.3 Å². The number of benzene rings is 1. The lowest BCUT2D eigenvalue weighted by Gasteiger charge is -2.30. The lowest BCUT2D eigenvalue weighted by Crippen LogP contribution is -2.41. The maximum Gasteiger partial charge on any atom is 0.302 e. The third kappa shape index (κ3) is 7.84. The van der Waals surface area contributed by atoms with E-state index in [9.17, 15) is 48.9 Å². The standard InChI is InChI=1S/C36H41NO12/c1-16(28(41)19(4)29(42)20(5)32(48-22(7)39)17(2)13-10-14-38)11-9-12-18(3)35(46)37-23-15-24(40)25-26(31(23)44)30(43)21(6)33-27(25)34(45)36(8,47)49-33/h9-17,19-20,28,32,41,43,47H,1-8H3,(H,37,46)/b11-9+,13-10+,18-12-. The van der Waals surface area contributed by atoms with Crippen molar-refractivity contribution in [3.8, 4) is 11.5 Å². The number of esters is 1. The van der Waals surface area contributed by atoms with Crippen molar-refractivity contribution in [2.75, 3.05) is 0 Å². The first kappa shape index (κ1) is 38.4. The molecule has 1 aromatic carbocycles. The predicted molar refractivity (Wildman–Crippen MR) is 175 cm³/mol. The first-order valence-corrected chi connectivity index (χ1v) is 15.6. The smallest absolute Gasteiger partial charge is 0.302 e. The SMILES string of the molecule is CC(=O)OC(C(C)/C=C/C=O)C(C)C(=O)C(C)C(O)C(C)/C=C/C=C(/C)C(=O)NC1=CC(=O)c2c(c(O)c(C)c3c2C(=O)C(C)(O)O3)C1=O. The van der Waals surface area contributed by atoms with Gasteiger partial charge in [0.15, 0.2) is 5.78 Å². The summed E-state index contributed by atoms with van der Waals surface area (Å²) >= 11 is 0. The summed E-state index contributed by atoms with van der Waals surface area (Å²) in [5.41, 5.74) is -1.65. The van der Waals surface area contributed by atoms with E-state index in [0.29, 0.717) is 6.29 Å². The van der Waals surface area contributed by atoms with Crippen molar-refractivity contribution < 1.29 is 58.4 Å². The fraction of sp³-hybridized carbons (Fsp3) is 0.417. The zero-order chi connectivity index (χ0) is 37.1. The molecule has 7 unspecified atom stereocenters. The molecule has 0 aromatic heterocycles. The van der Waals surface area contributed by atoms with Crippen LogP contribution in [0.25, 0.3) is 0 Å². The Bertz CT molecular complexity index is 1730. The number of carbonyl (C=O) groups excluding carboxylic acids is 7. The molecular weight excluding hydrogens is 638 g/mol. The normalized spacial score (nSPS) is 21.2. The average Bonchev–Trinajstić information content (AvgIpc) is 3.28. The first-order valence-electron chi connectivity index (χ1n) is 15.6. The molecule has 0 saturated carbocycles. The maximum absolute atomic E-state index is 13.3. The fourth-order valence-electron chi connectivity index (χ4n) is 5.80. The van der Waals surface area contributed by atoms with Crippen LogP contribution in [-0.4, -0.2) is 74.6 Å². The number of aldehydes is 1. The third-order valence-corrected chi connectivity index (χ3v) is 8.72. The Balaban J connectivity index is 1.72. The van der Waals surface area contributed by atoms with Crippen LogP contribution in [0.2, 0.25) is 0 Å². The van der Waals surface area contributed by atoms with Crippen LogP contribution in [0.4, 0.5) is 0 Å². The molecule has 3 rings (SSSR count). The van der Waals surface area contributed by atoms with Gasteiger partial charge in [0.25, 0.3) is 11.7 Å². The van der Waals surface area contributed by atoms with Gasteiger partial charge >= 0.3 is 5.97 Å². The highest BCUT2D eigenvalue weighted by atomic mass is 16.6. The number of ether oxygens (including phenoxy) is 2. The molecule has 49 heavy (non-hydrogen) atoms. The third-order valence-electron chi connectivity index (χ3n) is 8.72. The highest BCUT2D eigenvalue weighted by Gasteiger charge is 2.49. The zero-order valence-electron chi connectivity index (χ0n) is 28.5. The molecule has 1 amide bonds. The van der Waals surface area contributed by atoms with Gasteiger partial charge in [0, 0.05) is 48.8 Å². The van der Waals surface area contributed by atoms with Gasteiger partial charge in [-0.15, -0.1) is 0 Å². The summed E-state index contributed by atoms with van der Waals surface area (Å²) in [4.78, 5) is 87.9. The number of aliphatic hydroxyl groups is 2. The zero-order valence-corrected chi connectivity index (χ0v) is 28.5. The molecule has 1 heterocycles. The fourth-order valence-corrected chi connectivity index (χ4v) is 5.80. The van der Waals surface area contributed by atoms with Crippen LogP contribution in [0, 0.1) is 30.6 Å². The number of allylic oxidation sites excluding steroid dienone is 5. The van der Waals surface area contributed by atoms with E-state index < -0.39 is 93.5 Å². The molecule has 7 atom stereocenters. The number of nitrogens with one attached hydrogen (secondary N) is 1. The number of amides is 1. The number of hydrogen-bond donors (Lipinski definition) is 4. The number of hydrogen-bond acceptors (Lipinski definition) is 12. The van der Waals surface area contributed by atoms with Crippen LogP contribution < -0.4 is 10.1 Å². The van der Waals surface area contributed by atoms with Crippen molar-refractivity contribution in [1.82, 2.24) is 5.32 Å². The molecule has 1 aliphatic heterocycles. The Labute approximate surface area is 283 Å². The number of phenolic OH excluding ortho intramolecular Hbond substituents is 1. The van der Waals surface area contributed by atoms with E-state index in [0.717, 1.165) is 13.0 Å². The van der Waals surface area contributed by atoms with Crippen LogP contribution in [-0.2, 0) is 23.9 Å². The number of aliphatic hydroxyl groups excluding tert-OH is 1. The Hall–Kier alpha value is -5.01. The summed E-state index contributed by atoms with van der Waals surface area (Å²) < 4.78 is 10.6. The summed E-state index contributed by atoms with van der Waals surface area (Å²) in [5.74, 6) is -10.3. The van der Waals surface area contributed by atoms with Gasteiger partial charge in [-0.2, -0.15) is 0 Å². The van der Waals surface area contributed by atoms with Crippen LogP contribution in [0.1, 0.15) is 85.1 Å². The van der Waals surface area contributed by atoms with E-state index in [1.54, 1.807) is 33.8 Å². The van der Waals surface area contributed by atoms with Gasteiger partial charge in [-0.25, -0.2) is 0 Å². The Morgan fingerprint density at radius 2 is 1.57 bits per heavy atom. The number of carbonyl (C=O) groups is 7. The quantitative estimate of drug-likeness (QED) is 0.103. The molecule has 1 aliphatic carbocycles. The molecule has 4 N–H and O–H groups in total. The second-order valence-electron chi connectivity index (χ2n) is 12.6. The highest BCUT2D eigenvalue weighted by molar-refractivity contribution is 6.30. The van der Waals surface area contributed by atoms with Gasteiger partial charge in [-0.3, -0.25) is 33.6 Å². The molecular formula is C36H41NO12. The highest BCUT2D eigenvalue weighted by Crippen LogP contribution is 2.46.